The van der Waals surface area contributed by atoms with Crippen LogP contribution in [0.15, 0.2) is 18.2 Å². The highest BCUT2D eigenvalue weighted by Gasteiger charge is 2.28. The molecule has 7 heteroatoms. The van der Waals surface area contributed by atoms with Gasteiger partial charge in [-0.05, 0) is 12.1 Å². The molecule has 5 N–H and O–H groups in total. The van der Waals surface area contributed by atoms with Crippen molar-refractivity contribution in [2.24, 2.45) is 5.84 Å². The summed E-state index contributed by atoms with van der Waals surface area (Å²) in [6, 6.07) is 5.01. The van der Waals surface area contributed by atoms with Crippen molar-refractivity contribution in [2.75, 3.05) is 23.8 Å². The molecule has 0 unspecified atom stereocenters. The average molecular weight is 236 g/mol. The number of rotatable bonds is 2. The lowest BCUT2D eigenvalue weighted by Gasteiger charge is -2.29. The smallest absolute Gasteiger partial charge is 0.265 e. The molecule has 2 rings (SSSR count). The molecular formula is C10H12N4O3. The number of anilines is 2. The number of hydrazine groups is 1. The van der Waals surface area contributed by atoms with Crippen molar-refractivity contribution in [2.45, 2.75) is 0 Å². The molecule has 0 radical (unpaired) electrons. The largest absolute Gasteiger partial charge is 0.479 e. The highest BCUT2D eigenvalue weighted by atomic mass is 16.5. The first-order valence-corrected chi connectivity index (χ1v) is 4.94. The molecular weight excluding hydrogens is 224 g/mol. The third kappa shape index (κ3) is 2.00. The van der Waals surface area contributed by atoms with Gasteiger partial charge in [0.25, 0.3) is 11.8 Å². The maximum absolute atomic E-state index is 11.7. The van der Waals surface area contributed by atoms with Gasteiger partial charge in [-0.3, -0.25) is 19.9 Å². The number of amides is 2. The number of nitrogen functional groups attached to an aromatic ring is 1. The molecule has 0 spiro atoms. The predicted octanol–water partition coefficient (Wildman–Crippen LogP) is -1.02. The fourth-order valence-electron chi connectivity index (χ4n) is 1.62. The molecule has 17 heavy (non-hydrogen) atoms. The summed E-state index contributed by atoms with van der Waals surface area (Å²) in [5.41, 5.74) is 8.60. The quantitative estimate of drug-likeness (QED) is 0.263. The molecule has 0 aliphatic carbocycles. The number of carbonyl (C=O) groups is 2. The summed E-state index contributed by atoms with van der Waals surface area (Å²) >= 11 is 0. The van der Waals surface area contributed by atoms with E-state index in [2.05, 4.69) is 0 Å². The highest BCUT2D eigenvalue weighted by Crippen LogP contribution is 2.36. The van der Waals surface area contributed by atoms with E-state index >= 15 is 0 Å². The summed E-state index contributed by atoms with van der Waals surface area (Å²) in [6.45, 7) is -0.297. The second-order valence-corrected chi connectivity index (χ2v) is 3.53. The summed E-state index contributed by atoms with van der Waals surface area (Å²) in [4.78, 5) is 24.2. The topological polar surface area (TPSA) is 111 Å². The number of hydrogen-bond acceptors (Lipinski definition) is 5. The van der Waals surface area contributed by atoms with E-state index in [-0.39, 0.29) is 19.1 Å². The first-order valence-electron chi connectivity index (χ1n) is 4.94. The molecule has 1 aliphatic heterocycles. The normalized spacial score (nSPS) is 13.9. The van der Waals surface area contributed by atoms with Crippen LogP contribution in [0.25, 0.3) is 0 Å². The number of benzene rings is 1. The zero-order chi connectivity index (χ0) is 12.4. The van der Waals surface area contributed by atoms with Crippen LogP contribution in [0.1, 0.15) is 0 Å². The van der Waals surface area contributed by atoms with Crippen LogP contribution in [0.5, 0.6) is 5.75 Å². The Morgan fingerprint density at radius 1 is 1.53 bits per heavy atom. The van der Waals surface area contributed by atoms with E-state index in [9.17, 15) is 9.59 Å². The molecule has 1 aromatic rings. The van der Waals surface area contributed by atoms with Crippen LogP contribution in [-0.4, -0.2) is 25.0 Å². The Hall–Kier alpha value is -2.28. The number of fused-ring (bicyclic) bond motifs is 1. The lowest BCUT2D eigenvalue weighted by atomic mass is 10.2. The molecule has 0 fully saturated rings. The molecule has 0 bridgehead atoms. The Morgan fingerprint density at radius 3 is 3.00 bits per heavy atom. The minimum atomic E-state index is -0.464. The van der Waals surface area contributed by atoms with E-state index in [4.69, 9.17) is 16.3 Å². The Bertz CT molecular complexity index is 475. The second kappa shape index (κ2) is 4.30. The van der Waals surface area contributed by atoms with Crippen molar-refractivity contribution in [3.8, 4) is 5.75 Å². The number of hydrogen-bond donors (Lipinski definition) is 3. The third-order valence-electron chi connectivity index (χ3n) is 2.42. The summed E-state index contributed by atoms with van der Waals surface area (Å²) in [7, 11) is 0. The number of ether oxygens (including phenoxy) is 1. The Kier molecular flexibility index (Phi) is 2.84. The molecule has 1 aliphatic rings. The number of nitrogens with zero attached hydrogens (tertiary/aromatic N) is 1. The second-order valence-electron chi connectivity index (χ2n) is 3.53. The summed E-state index contributed by atoms with van der Waals surface area (Å²) in [5.74, 6) is 4.63. The minimum Gasteiger partial charge on any atom is -0.479 e. The van der Waals surface area contributed by atoms with E-state index < -0.39 is 5.91 Å². The fourth-order valence-corrected chi connectivity index (χ4v) is 1.62. The van der Waals surface area contributed by atoms with Crippen molar-refractivity contribution >= 4 is 23.2 Å². The number of nitrogens with one attached hydrogen (secondary N) is 1. The van der Waals surface area contributed by atoms with Gasteiger partial charge in [-0.15, -0.1) is 0 Å². The van der Waals surface area contributed by atoms with Gasteiger partial charge in [0.1, 0.15) is 6.54 Å². The molecule has 90 valence electrons. The van der Waals surface area contributed by atoms with Crippen molar-refractivity contribution < 1.29 is 14.3 Å². The van der Waals surface area contributed by atoms with Crippen molar-refractivity contribution in [3.63, 3.8) is 0 Å². The molecule has 0 atom stereocenters. The van der Waals surface area contributed by atoms with Gasteiger partial charge >= 0.3 is 0 Å². The van der Waals surface area contributed by atoms with Crippen LogP contribution in [0.4, 0.5) is 11.4 Å². The molecule has 7 nitrogen and oxygen atoms in total. The Labute approximate surface area is 97.3 Å². The van der Waals surface area contributed by atoms with E-state index in [1.165, 1.54) is 4.90 Å². The van der Waals surface area contributed by atoms with Gasteiger partial charge in [-0.1, -0.05) is 6.07 Å². The van der Waals surface area contributed by atoms with E-state index in [0.717, 1.165) is 0 Å². The molecule has 1 aromatic carbocycles. The maximum atomic E-state index is 11.7. The van der Waals surface area contributed by atoms with Crippen LogP contribution in [0.3, 0.4) is 0 Å². The molecule has 2 amide bonds. The lowest BCUT2D eigenvalue weighted by Crippen LogP contribution is -2.46. The first-order chi connectivity index (χ1) is 8.13. The van der Waals surface area contributed by atoms with E-state index in [1.807, 2.05) is 5.43 Å². The van der Waals surface area contributed by atoms with Gasteiger partial charge < -0.3 is 10.5 Å². The number of nitrogens with two attached hydrogens (primary N) is 2. The zero-order valence-electron chi connectivity index (χ0n) is 8.97. The van der Waals surface area contributed by atoms with Gasteiger partial charge in [0.15, 0.2) is 12.4 Å². The zero-order valence-corrected chi connectivity index (χ0v) is 8.97. The summed E-state index contributed by atoms with van der Waals surface area (Å²) in [5, 5.41) is 0. The Morgan fingerprint density at radius 2 is 2.29 bits per heavy atom. The molecule has 0 saturated heterocycles. The van der Waals surface area contributed by atoms with Crippen molar-refractivity contribution in [1.82, 2.24) is 5.43 Å². The van der Waals surface area contributed by atoms with E-state index in [0.29, 0.717) is 17.1 Å². The van der Waals surface area contributed by atoms with Crippen molar-refractivity contribution in [1.29, 1.82) is 0 Å². The maximum Gasteiger partial charge on any atom is 0.265 e. The molecule has 1 heterocycles. The number of para-hydroxylation sites is 1. The summed E-state index contributed by atoms with van der Waals surface area (Å²) in [6.07, 6.45) is 0. The summed E-state index contributed by atoms with van der Waals surface area (Å²) < 4.78 is 5.23. The standard InChI is InChI=1S/C10H12N4O3/c11-6-2-1-3-7-10(6)17-5-9(16)14(7)4-8(15)13-12/h1-3H,4-5,11-12H2,(H,13,15). The molecule has 0 aromatic heterocycles. The van der Waals surface area contributed by atoms with Gasteiger partial charge in [0.2, 0.25) is 0 Å². The van der Waals surface area contributed by atoms with Crippen LogP contribution < -0.4 is 26.6 Å². The first kappa shape index (κ1) is 11.2. The minimum absolute atomic E-state index is 0.140. The third-order valence-corrected chi connectivity index (χ3v) is 2.42. The average Bonchev–Trinajstić information content (AvgIpc) is 2.33. The van der Waals surface area contributed by atoms with Gasteiger partial charge in [-0.25, -0.2) is 5.84 Å². The van der Waals surface area contributed by atoms with Gasteiger partial charge in [0, 0.05) is 0 Å². The predicted molar refractivity (Wildman–Crippen MR) is 61.0 cm³/mol. The SMILES string of the molecule is NNC(=O)CN1C(=O)COc2c(N)cccc21. The van der Waals surface area contributed by atoms with Crippen molar-refractivity contribution in [3.05, 3.63) is 18.2 Å². The monoisotopic (exact) mass is 236 g/mol. The van der Waals surface area contributed by atoms with Crippen LogP contribution in [0.2, 0.25) is 0 Å². The van der Waals surface area contributed by atoms with Crippen LogP contribution in [0, 0.1) is 0 Å². The molecule has 0 saturated carbocycles. The van der Waals surface area contributed by atoms with Crippen LogP contribution >= 0.6 is 0 Å². The fraction of sp³-hybridized carbons (Fsp3) is 0.200. The van der Waals surface area contributed by atoms with Gasteiger partial charge in [-0.2, -0.15) is 0 Å². The number of carbonyl (C=O) groups excluding carboxylic acids is 2. The highest BCUT2D eigenvalue weighted by molar-refractivity contribution is 6.03. The lowest BCUT2D eigenvalue weighted by molar-refractivity contribution is -0.125. The van der Waals surface area contributed by atoms with Gasteiger partial charge in [0.05, 0.1) is 11.4 Å². The van der Waals surface area contributed by atoms with Crippen LogP contribution in [-0.2, 0) is 9.59 Å². The Balaban J connectivity index is 2.37. The van der Waals surface area contributed by atoms with E-state index in [1.54, 1.807) is 18.2 Å².